The number of aryl methyl sites for hydroxylation is 1. The third-order valence-corrected chi connectivity index (χ3v) is 5.93. The predicted molar refractivity (Wildman–Crippen MR) is 83.9 cm³/mol. The fourth-order valence-corrected chi connectivity index (χ4v) is 4.83. The van der Waals surface area contributed by atoms with Crippen LogP contribution in [-0.4, -0.2) is 10.7 Å². The molecule has 0 heterocycles. The summed E-state index contributed by atoms with van der Waals surface area (Å²) < 4.78 is 0. The Morgan fingerprint density at radius 2 is 2.05 bits per heavy atom. The Balaban J connectivity index is 2.15. The van der Waals surface area contributed by atoms with Crippen molar-refractivity contribution in [3.05, 3.63) is 35.4 Å². The number of hydrogen-bond acceptors (Lipinski definition) is 2. The minimum absolute atomic E-state index is 0.247. The lowest BCUT2D eigenvalue weighted by Crippen LogP contribution is -2.58. The number of aliphatic hydroxyl groups is 1. The molecule has 112 valence electrons. The van der Waals surface area contributed by atoms with E-state index in [-0.39, 0.29) is 5.92 Å². The third kappa shape index (κ3) is 2.02. The van der Waals surface area contributed by atoms with Gasteiger partial charge < -0.3 is 5.11 Å². The first-order valence-corrected chi connectivity index (χ1v) is 8.40. The molecular formula is C19H25NO. The van der Waals surface area contributed by atoms with E-state index in [1.54, 1.807) is 0 Å². The monoisotopic (exact) mass is 283 g/mol. The van der Waals surface area contributed by atoms with Crippen molar-refractivity contribution in [1.29, 1.82) is 5.26 Å². The van der Waals surface area contributed by atoms with Crippen LogP contribution in [0.25, 0.3) is 0 Å². The zero-order valence-electron chi connectivity index (χ0n) is 12.9. The largest absolute Gasteiger partial charge is 0.388 e. The van der Waals surface area contributed by atoms with Crippen LogP contribution in [0.1, 0.15) is 63.0 Å². The molecule has 2 aliphatic rings. The van der Waals surface area contributed by atoms with E-state index < -0.39 is 11.0 Å². The standard InChI is InChI=1S/C19H25NO/c1-2-16-10-5-6-13-19(16,21)18(14-20)12-7-9-15-8-3-4-11-17(15)18/h3-4,8,11,16,21H,2,5-7,9-10,12-13H2,1H3. The first kappa shape index (κ1) is 14.6. The predicted octanol–water partition coefficient (Wildman–Crippen LogP) is 4.12. The lowest BCUT2D eigenvalue weighted by Gasteiger charge is -2.52. The minimum atomic E-state index is -0.856. The molecule has 3 atom stereocenters. The lowest BCUT2D eigenvalue weighted by molar-refractivity contribution is -0.0998. The molecule has 0 bridgehead atoms. The zero-order valence-corrected chi connectivity index (χ0v) is 12.9. The van der Waals surface area contributed by atoms with E-state index in [4.69, 9.17) is 0 Å². The Morgan fingerprint density at radius 3 is 2.81 bits per heavy atom. The van der Waals surface area contributed by atoms with Crippen molar-refractivity contribution in [3.63, 3.8) is 0 Å². The van der Waals surface area contributed by atoms with E-state index in [0.717, 1.165) is 50.5 Å². The fourth-order valence-electron chi connectivity index (χ4n) is 4.83. The van der Waals surface area contributed by atoms with Crippen molar-refractivity contribution in [1.82, 2.24) is 0 Å². The topological polar surface area (TPSA) is 44.0 Å². The molecule has 0 spiro atoms. The van der Waals surface area contributed by atoms with Crippen molar-refractivity contribution in [2.24, 2.45) is 5.92 Å². The average Bonchev–Trinajstić information content (AvgIpc) is 2.54. The van der Waals surface area contributed by atoms with Crippen LogP contribution >= 0.6 is 0 Å². The molecule has 3 unspecified atom stereocenters. The van der Waals surface area contributed by atoms with Gasteiger partial charge in [0.2, 0.25) is 0 Å². The van der Waals surface area contributed by atoms with Gasteiger partial charge in [0.1, 0.15) is 5.41 Å². The van der Waals surface area contributed by atoms with Crippen LogP contribution in [0.2, 0.25) is 0 Å². The van der Waals surface area contributed by atoms with Gasteiger partial charge in [0.15, 0.2) is 0 Å². The maximum atomic E-state index is 11.6. The molecule has 1 N–H and O–H groups in total. The van der Waals surface area contributed by atoms with Gasteiger partial charge in [-0.05, 0) is 49.1 Å². The molecule has 0 aliphatic heterocycles. The Bertz CT molecular complexity index is 561. The van der Waals surface area contributed by atoms with Crippen molar-refractivity contribution in [3.8, 4) is 6.07 Å². The second-order valence-electron chi connectivity index (χ2n) is 6.80. The van der Waals surface area contributed by atoms with Crippen LogP contribution in [0.3, 0.4) is 0 Å². The van der Waals surface area contributed by atoms with Gasteiger partial charge in [0, 0.05) is 0 Å². The average molecular weight is 283 g/mol. The summed E-state index contributed by atoms with van der Waals surface area (Å²) in [7, 11) is 0. The van der Waals surface area contributed by atoms with Gasteiger partial charge in [-0.15, -0.1) is 0 Å². The summed E-state index contributed by atoms with van der Waals surface area (Å²) >= 11 is 0. The molecule has 0 amide bonds. The molecule has 2 nitrogen and oxygen atoms in total. The first-order valence-electron chi connectivity index (χ1n) is 8.40. The van der Waals surface area contributed by atoms with Gasteiger partial charge >= 0.3 is 0 Å². The molecule has 3 rings (SSSR count). The molecule has 1 saturated carbocycles. The number of nitrogens with zero attached hydrogens (tertiary/aromatic N) is 1. The Morgan fingerprint density at radius 1 is 1.24 bits per heavy atom. The minimum Gasteiger partial charge on any atom is -0.388 e. The van der Waals surface area contributed by atoms with Crippen molar-refractivity contribution >= 4 is 0 Å². The van der Waals surface area contributed by atoms with Gasteiger partial charge in [-0.1, -0.05) is 50.5 Å². The van der Waals surface area contributed by atoms with E-state index in [1.807, 2.05) is 6.07 Å². The highest BCUT2D eigenvalue weighted by atomic mass is 16.3. The van der Waals surface area contributed by atoms with Crippen LogP contribution in [0, 0.1) is 17.2 Å². The molecular weight excluding hydrogens is 258 g/mol. The first-order chi connectivity index (χ1) is 10.2. The Kier molecular flexibility index (Phi) is 3.80. The highest BCUT2D eigenvalue weighted by Gasteiger charge is 2.57. The third-order valence-electron chi connectivity index (χ3n) is 5.93. The van der Waals surface area contributed by atoms with Crippen molar-refractivity contribution in [2.75, 3.05) is 0 Å². The molecule has 1 aromatic carbocycles. The SMILES string of the molecule is CCC1CCCCC1(O)C1(C#N)CCCc2ccccc21. The van der Waals surface area contributed by atoms with Gasteiger partial charge in [-0.2, -0.15) is 5.26 Å². The van der Waals surface area contributed by atoms with Crippen LogP contribution in [0.4, 0.5) is 0 Å². The highest BCUT2D eigenvalue weighted by Crippen LogP contribution is 2.53. The van der Waals surface area contributed by atoms with Crippen LogP contribution in [0.15, 0.2) is 24.3 Å². The molecule has 1 aromatic rings. The molecule has 0 radical (unpaired) electrons. The quantitative estimate of drug-likeness (QED) is 0.887. The van der Waals surface area contributed by atoms with Crippen LogP contribution < -0.4 is 0 Å². The Hall–Kier alpha value is -1.33. The molecule has 0 saturated heterocycles. The van der Waals surface area contributed by atoms with E-state index in [2.05, 4.69) is 31.2 Å². The second kappa shape index (κ2) is 5.46. The lowest BCUT2D eigenvalue weighted by atomic mass is 9.54. The van der Waals surface area contributed by atoms with E-state index >= 15 is 0 Å². The normalized spacial score (nSPS) is 35.8. The molecule has 2 heteroatoms. The molecule has 21 heavy (non-hydrogen) atoms. The number of rotatable bonds is 2. The molecule has 0 aromatic heterocycles. The summed E-state index contributed by atoms with van der Waals surface area (Å²) in [6.07, 6.45) is 7.85. The molecule has 2 aliphatic carbocycles. The number of hydrogen-bond donors (Lipinski definition) is 1. The van der Waals surface area contributed by atoms with Crippen molar-refractivity contribution in [2.45, 2.75) is 69.3 Å². The summed E-state index contributed by atoms with van der Waals surface area (Å²) in [4.78, 5) is 0. The number of nitriles is 1. The summed E-state index contributed by atoms with van der Waals surface area (Å²) in [5, 5.41) is 21.7. The molecule has 1 fully saturated rings. The van der Waals surface area contributed by atoms with Crippen LogP contribution in [0.5, 0.6) is 0 Å². The maximum absolute atomic E-state index is 11.6. The van der Waals surface area contributed by atoms with Gasteiger partial charge in [0.05, 0.1) is 11.7 Å². The van der Waals surface area contributed by atoms with E-state index in [1.165, 1.54) is 12.0 Å². The second-order valence-corrected chi connectivity index (χ2v) is 6.80. The maximum Gasteiger partial charge on any atom is 0.111 e. The van der Waals surface area contributed by atoms with E-state index in [9.17, 15) is 10.4 Å². The van der Waals surface area contributed by atoms with Gasteiger partial charge in [0.25, 0.3) is 0 Å². The van der Waals surface area contributed by atoms with Crippen molar-refractivity contribution < 1.29 is 5.11 Å². The van der Waals surface area contributed by atoms with Gasteiger partial charge in [-0.25, -0.2) is 0 Å². The Labute approximate surface area is 127 Å². The number of benzene rings is 1. The summed E-state index contributed by atoms with van der Waals surface area (Å²) in [6.45, 7) is 2.15. The van der Waals surface area contributed by atoms with Gasteiger partial charge in [-0.3, -0.25) is 0 Å². The highest BCUT2D eigenvalue weighted by molar-refractivity contribution is 5.45. The zero-order chi connectivity index (χ0) is 14.9. The van der Waals surface area contributed by atoms with E-state index in [0.29, 0.717) is 0 Å². The summed E-state index contributed by atoms with van der Waals surface area (Å²) in [5.41, 5.74) is 0.801. The number of fused-ring (bicyclic) bond motifs is 1. The van der Waals surface area contributed by atoms with Crippen LogP contribution in [-0.2, 0) is 11.8 Å². The smallest absolute Gasteiger partial charge is 0.111 e. The summed E-state index contributed by atoms with van der Waals surface area (Å²) in [5.74, 6) is 0.247. The summed E-state index contributed by atoms with van der Waals surface area (Å²) in [6, 6.07) is 10.9. The fraction of sp³-hybridized carbons (Fsp3) is 0.632.